The maximum atomic E-state index is 12.6. The van der Waals surface area contributed by atoms with Crippen molar-refractivity contribution < 1.29 is 69.8 Å². The Kier molecular flexibility index (Phi) is 6.88. The zero-order chi connectivity index (χ0) is 25.3. The summed E-state index contributed by atoms with van der Waals surface area (Å²) in [5, 5.41) is 86.6. The largest absolute Gasteiger partial charge is 0.504 e. The zero-order valence-electron chi connectivity index (χ0n) is 17.0. The quantitative estimate of drug-likeness (QED) is 0.172. The molecule has 1 heterocycles. The smallest absolute Gasteiger partial charge is 0.339 e. The van der Waals surface area contributed by atoms with Crippen LogP contribution in [-0.2, 0) is 14.2 Å². The van der Waals surface area contributed by atoms with Crippen LogP contribution in [0.2, 0.25) is 0 Å². The average molecular weight is 484 g/mol. The third kappa shape index (κ3) is 4.69. The van der Waals surface area contributed by atoms with E-state index in [0.29, 0.717) is 0 Å². The molecule has 1 aliphatic heterocycles. The fraction of sp³-hybridized carbons (Fsp3) is 0.300. The fourth-order valence-corrected chi connectivity index (χ4v) is 3.17. The number of hydrogen-bond acceptors (Lipinski definition) is 14. The van der Waals surface area contributed by atoms with Crippen LogP contribution in [0.1, 0.15) is 20.7 Å². The van der Waals surface area contributed by atoms with Gasteiger partial charge in [0.25, 0.3) is 0 Å². The highest BCUT2D eigenvalue weighted by Gasteiger charge is 2.52. The molecule has 5 unspecified atom stereocenters. The van der Waals surface area contributed by atoms with Crippen molar-refractivity contribution in [3.05, 3.63) is 35.4 Å². The first-order valence-corrected chi connectivity index (χ1v) is 9.48. The number of carbonyl (C=O) groups is 2. The van der Waals surface area contributed by atoms with Gasteiger partial charge in [-0.25, -0.2) is 9.59 Å². The van der Waals surface area contributed by atoms with Crippen LogP contribution >= 0.6 is 0 Å². The monoisotopic (exact) mass is 484 g/mol. The first kappa shape index (κ1) is 24.7. The van der Waals surface area contributed by atoms with Crippen molar-refractivity contribution in [1.29, 1.82) is 0 Å². The van der Waals surface area contributed by atoms with E-state index in [2.05, 4.69) is 0 Å². The van der Waals surface area contributed by atoms with Crippen LogP contribution in [0, 0.1) is 0 Å². The molecular formula is C20H20O14. The lowest BCUT2D eigenvalue weighted by Crippen LogP contribution is -2.45. The van der Waals surface area contributed by atoms with Crippen LogP contribution in [0.5, 0.6) is 34.5 Å². The summed E-state index contributed by atoms with van der Waals surface area (Å²) in [7, 11) is 0. The Balaban J connectivity index is 1.89. The van der Waals surface area contributed by atoms with Crippen LogP contribution in [0.15, 0.2) is 24.3 Å². The van der Waals surface area contributed by atoms with E-state index in [9.17, 15) is 55.5 Å². The highest BCUT2D eigenvalue weighted by Crippen LogP contribution is 2.38. The molecule has 1 saturated heterocycles. The number of hydrogen-bond donors (Lipinski definition) is 9. The number of aliphatic hydroxyl groups is 3. The Hall–Kier alpha value is -3.98. The second kappa shape index (κ2) is 9.48. The Bertz CT molecular complexity index is 1050. The summed E-state index contributed by atoms with van der Waals surface area (Å²) >= 11 is 0. The number of phenols is 6. The lowest BCUT2D eigenvalue weighted by Gasteiger charge is -2.25. The molecule has 2 aromatic carbocycles. The summed E-state index contributed by atoms with van der Waals surface area (Å²) < 4.78 is 15.3. The second-order valence-corrected chi connectivity index (χ2v) is 7.21. The van der Waals surface area contributed by atoms with Crippen molar-refractivity contribution in [2.75, 3.05) is 6.61 Å². The van der Waals surface area contributed by atoms with Crippen LogP contribution in [0.3, 0.4) is 0 Å². The molecule has 0 aromatic heterocycles. The number of phenolic OH excluding ortho intramolecular Hbond substituents is 6. The SMILES string of the molecule is O=C(OC1C(O)OC(C(O)CO)C1OC(=O)c1cc(O)c(O)c(O)c1)c1cc(O)c(O)c(O)c1. The van der Waals surface area contributed by atoms with Gasteiger partial charge in [0.1, 0.15) is 12.2 Å². The van der Waals surface area contributed by atoms with Crippen molar-refractivity contribution in [2.45, 2.75) is 30.7 Å². The third-order valence-electron chi connectivity index (χ3n) is 4.89. The van der Waals surface area contributed by atoms with Gasteiger partial charge in [0.05, 0.1) is 17.7 Å². The highest BCUT2D eigenvalue weighted by atomic mass is 16.7. The van der Waals surface area contributed by atoms with E-state index in [4.69, 9.17) is 14.2 Å². The summed E-state index contributed by atoms with van der Waals surface area (Å²) in [6, 6.07) is 2.96. The van der Waals surface area contributed by atoms with Gasteiger partial charge in [-0.05, 0) is 24.3 Å². The summed E-state index contributed by atoms with van der Waals surface area (Å²) in [4.78, 5) is 25.1. The van der Waals surface area contributed by atoms with Crippen molar-refractivity contribution in [1.82, 2.24) is 0 Å². The molecule has 0 saturated carbocycles. The first-order valence-electron chi connectivity index (χ1n) is 9.48. The number of carbonyl (C=O) groups excluding carboxylic acids is 2. The predicted molar refractivity (Wildman–Crippen MR) is 105 cm³/mol. The number of aromatic hydroxyl groups is 6. The van der Waals surface area contributed by atoms with Crippen molar-refractivity contribution in [3.63, 3.8) is 0 Å². The van der Waals surface area contributed by atoms with Crippen molar-refractivity contribution in [2.24, 2.45) is 0 Å². The number of ether oxygens (including phenoxy) is 3. The van der Waals surface area contributed by atoms with Gasteiger partial charge >= 0.3 is 11.9 Å². The minimum Gasteiger partial charge on any atom is -0.504 e. The van der Waals surface area contributed by atoms with Gasteiger partial charge in [-0.3, -0.25) is 0 Å². The zero-order valence-corrected chi connectivity index (χ0v) is 17.0. The minimum absolute atomic E-state index is 0.482. The molecular weight excluding hydrogens is 464 g/mol. The summed E-state index contributed by atoms with van der Waals surface area (Å²) in [5.74, 6) is -7.82. The molecule has 2 aromatic rings. The lowest BCUT2D eigenvalue weighted by molar-refractivity contribution is -0.151. The Labute approximate surface area is 189 Å². The maximum Gasteiger partial charge on any atom is 0.339 e. The van der Waals surface area contributed by atoms with E-state index >= 15 is 0 Å². The lowest BCUT2D eigenvalue weighted by atomic mass is 10.1. The number of rotatable bonds is 6. The molecule has 3 rings (SSSR count). The Morgan fingerprint density at radius 2 is 1.18 bits per heavy atom. The van der Waals surface area contributed by atoms with Gasteiger partial charge in [0, 0.05) is 0 Å². The number of benzene rings is 2. The van der Waals surface area contributed by atoms with E-state index in [1.807, 2.05) is 0 Å². The molecule has 1 fully saturated rings. The Morgan fingerprint density at radius 3 is 1.56 bits per heavy atom. The van der Waals surface area contributed by atoms with Gasteiger partial charge in [-0.15, -0.1) is 0 Å². The Morgan fingerprint density at radius 1 is 0.794 bits per heavy atom. The first-order chi connectivity index (χ1) is 15.9. The molecule has 0 bridgehead atoms. The highest BCUT2D eigenvalue weighted by molar-refractivity contribution is 5.92. The fourth-order valence-electron chi connectivity index (χ4n) is 3.17. The molecule has 0 amide bonds. The normalized spacial score (nSPS) is 22.8. The van der Waals surface area contributed by atoms with Gasteiger partial charge in [-0.2, -0.15) is 0 Å². The van der Waals surface area contributed by atoms with E-state index in [0.717, 1.165) is 24.3 Å². The van der Waals surface area contributed by atoms with E-state index in [1.165, 1.54) is 0 Å². The molecule has 5 atom stereocenters. The summed E-state index contributed by atoms with van der Waals surface area (Å²) in [6.45, 7) is -0.910. The van der Waals surface area contributed by atoms with Crippen molar-refractivity contribution in [3.8, 4) is 34.5 Å². The molecule has 1 aliphatic rings. The summed E-state index contributed by atoms with van der Waals surface area (Å²) in [5.41, 5.74) is -0.963. The molecule has 184 valence electrons. The van der Waals surface area contributed by atoms with Crippen LogP contribution in [0.25, 0.3) is 0 Å². The maximum absolute atomic E-state index is 12.6. The van der Waals surface area contributed by atoms with Gasteiger partial charge < -0.3 is 60.2 Å². The predicted octanol–water partition coefficient (Wildman–Crippen LogP) is -1.26. The average Bonchev–Trinajstić information content (AvgIpc) is 3.09. The van der Waals surface area contributed by atoms with Crippen LogP contribution < -0.4 is 0 Å². The van der Waals surface area contributed by atoms with Gasteiger partial charge in [0.2, 0.25) is 0 Å². The topological polar surface area (TPSA) is 244 Å². The molecule has 14 nitrogen and oxygen atoms in total. The molecule has 0 radical (unpaired) electrons. The molecule has 9 N–H and O–H groups in total. The van der Waals surface area contributed by atoms with Crippen LogP contribution in [0.4, 0.5) is 0 Å². The van der Waals surface area contributed by atoms with Gasteiger partial charge in [0.15, 0.2) is 53.0 Å². The van der Waals surface area contributed by atoms with Crippen LogP contribution in [-0.4, -0.2) is 95.2 Å². The minimum atomic E-state index is -1.98. The number of esters is 2. The standard InChI is InChI=1S/C20H20O14/c21-5-12(26)15-16(33-18(29)6-1-8(22)13(27)9(23)2-6)17(20(31)32-15)34-19(30)7-3-10(24)14(28)11(25)4-7/h1-4,12,15-17,20-28,31H,5H2. The molecule has 0 spiro atoms. The van der Waals surface area contributed by atoms with Crippen molar-refractivity contribution >= 4 is 11.9 Å². The number of aliphatic hydroxyl groups excluding tert-OH is 3. The third-order valence-corrected chi connectivity index (χ3v) is 4.89. The summed E-state index contributed by atoms with van der Waals surface area (Å²) in [6.07, 6.45) is -8.86. The van der Waals surface area contributed by atoms with Gasteiger partial charge in [-0.1, -0.05) is 0 Å². The van der Waals surface area contributed by atoms with E-state index in [-0.39, 0.29) is 0 Å². The van der Waals surface area contributed by atoms with E-state index < -0.39 is 94.9 Å². The molecule has 14 heteroatoms. The van der Waals surface area contributed by atoms with E-state index in [1.54, 1.807) is 0 Å². The molecule has 0 aliphatic carbocycles. The molecule has 34 heavy (non-hydrogen) atoms. The second-order valence-electron chi connectivity index (χ2n) is 7.21.